The van der Waals surface area contributed by atoms with E-state index >= 15 is 0 Å². The third kappa shape index (κ3) is 4.51. The van der Waals surface area contributed by atoms with Crippen LogP contribution in [0.1, 0.15) is 30.3 Å². The average molecular weight is 351 g/mol. The molecule has 0 saturated carbocycles. The first kappa shape index (κ1) is 16.5. The van der Waals surface area contributed by atoms with Gasteiger partial charge in [-0.15, -0.1) is 12.4 Å². The van der Waals surface area contributed by atoms with Crippen LogP contribution >= 0.6 is 28.3 Å². The van der Waals surface area contributed by atoms with Crippen LogP contribution in [-0.4, -0.2) is 30.1 Å². The molecule has 1 amide bonds. The van der Waals surface area contributed by atoms with Crippen LogP contribution in [0.3, 0.4) is 0 Å². The minimum absolute atomic E-state index is 0. The molecule has 1 atom stereocenters. The molecule has 1 unspecified atom stereocenters. The van der Waals surface area contributed by atoms with Gasteiger partial charge in [-0.25, -0.2) is 0 Å². The summed E-state index contributed by atoms with van der Waals surface area (Å²) >= 11 is 3.41. The molecule has 2 heterocycles. The molecule has 2 N–H and O–H groups in total. The topological polar surface area (TPSA) is 46.1 Å². The second-order valence-electron chi connectivity index (χ2n) is 4.75. The SMILES string of the molecule is CCn1cc(Br)cc1C(=O)NCC1CCCNC1.Cl. The lowest BCUT2D eigenvalue weighted by molar-refractivity contribution is 0.0935. The van der Waals surface area contributed by atoms with Gasteiger partial charge in [-0.1, -0.05) is 0 Å². The van der Waals surface area contributed by atoms with Gasteiger partial charge in [0.1, 0.15) is 5.69 Å². The maximum Gasteiger partial charge on any atom is 0.267 e. The molecule has 19 heavy (non-hydrogen) atoms. The minimum Gasteiger partial charge on any atom is -0.350 e. The predicted octanol–water partition coefficient (Wildman–Crippen LogP) is 2.42. The summed E-state index contributed by atoms with van der Waals surface area (Å²) in [6.45, 7) is 5.72. The van der Waals surface area contributed by atoms with E-state index in [2.05, 4.69) is 26.6 Å². The summed E-state index contributed by atoms with van der Waals surface area (Å²) in [6.07, 6.45) is 4.35. The highest BCUT2D eigenvalue weighted by Gasteiger charge is 2.16. The third-order valence-corrected chi connectivity index (χ3v) is 3.82. The first-order valence-corrected chi connectivity index (χ1v) is 7.34. The van der Waals surface area contributed by atoms with Crippen LogP contribution < -0.4 is 10.6 Å². The number of carbonyl (C=O) groups is 1. The normalized spacial score (nSPS) is 18.7. The smallest absolute Gasteiger partial charge is 0.267 e. The number of nitrogens with one attached hydrogen (secondary N) is 2. The van der Waals surface area contributed by atoms with Crippen molar-refractivity contribution >= 4 is 34.2 Å². The summed E-state index contributed by atoms with van der Waals surface area (Å²) in [7, 11) is 0. The summed E-state index contributed by atoms with van der Waals surface area (Å²) < 4.78 is 2.91. The van der Waals surface area contributed by atoms with E-state index in [0.717, 1.165) is 36.3 Å². The van der Waals surface area contributed by atoms with Gasteiger partial charge in [-0.2, -0.15) is 0 Å². The maximum atomic E-state index is 12.1. The number of aryl methyl sites for hydroxylation is 1. The second kappa shape index (κ2) is 7.92. The zero-order chi connectivity index (χ0) is 13.0. The van der Waals surface area contributed by atoms with Crippen molar-refractivity contribution in [2.75, 3.05) is 19.6 Å². The summed E-state index contributed by atoms with van der Waals surface area (Å²) in [5.41, 5.74) is 0.730. The largest absolute Gasteiger partial charge is 0.350 e. The van der Waals surface area contributed by atoms with E-state index in [4.69, 9.17) is 0 Å². The Hall–Kier alpha value is -0.520. The Balaban J connectivity index is 0.00000180. The molecule has 1 aliphatic rings. The van der Waals surface area contributed by atoms with Crippen molar-refractivity contribution in [3.8, 4) is 0 Å². The summed E-state index contributed by atoms with van der Waals surface area (Å²) in [5, 5.41) is 6.40. The van der Waals surface area contributed by atoms with Crippen molar-refractivity contribution in [2.45, 2.75) is 26.3 Å². The third-order valence-electron chi connectivity index (χ3n) is 3.39. The monoisotopic (exact) mass is 349 g/mol. The highest BCUT2D eigenvalue weighted by atomic mass is 79.9. The highest BCUT2D eigenvalue weighted by molar-refractivity contribution is 9.10. The summed E-state index contributed by atoms with van der Waals surface area (Å²) in [5.74, 6) is 0.587. The van der Waals surface area contributed by atoms with E-state index in [9.17, 15) is 4.79 Å². The lowest BCUT2D eigenvalue weighted by atomic mass is 10.00. The molecule has 1 aromatic heterocycles. The van der Waals surface area contributed by atoms with Crippen molar-refractivity contribution in [1.29, 1.82) is 0 Å². The Morgan fingerprint density at radius 2 is 2.42 bits per heavy atom. The van der Waals surface area contributed by atoms with Crippen LogP contribution in [-0.2, 0) is 6.54 Å². The number of hydrogen-bond donors (Lipinski definition) is 2. The van der Waals surface area contributed by atoms with E-state index in [0.29, 0.717) is 5.92 Å². The number of carbonyl (C=O) groups excluding carboxylic acids is 1. The molecule has 0 aliphatic carbocycles. The standard InChI is InChI=1S/C13H20BrN3O.ClH/c1-2-17-9-11(14)6-12(17)13(18)16-8-10-4-3-5-15-7-10;/h6,9-10,15H,2-5,7-8H2,1H3,(H,16,18);1H. The van der Waals surface area contributed by atoms with Gasteiger partial charge in [0.25, 0.3) is 5.91 Å². The first-order valence-electron chi connectivity index (χ1n) is 6.55. The van der Waals surface area contributed by atoms with Gasteiger partial charge in [-0.3, -0.25) is 4.79 Å². The molecule has 1 fully saturated rings. The van der Waals surface area contributed by atoms with Gasteiger partial charge in [0.05, 0.1) is 0 Å². The Morgan fingerprint density at radius 3 is 3.05 bits per heavy atom. The molecule has 1 saturated heterocycles. The maximum absolute atomic E-state index is 12.1. The zero-order valence-corrected chi connectivity index (χ0v) is 13.5. The molecule has 1 aliphatic heterocycles. The molecule has 6 heteroatoms. The van der Waals surface area contributed by atoms with Crippen LogP contribution in [0, 0.1) is 5.92 Å². The number of hydrogen-bond acceptors (Lipinski definition) is 2. The van der Waals surface area contributed by atoms with E-state index in [1.54, 1.807) is 0 Å². The van der Waals surface area contributed by atoms with Gasteiger partial charge in [0.15, 0.2) is 0 Å². The quantitative estimate of drug-likeness (QED) is 0.876. The van der Waals surface area contributed by atoms with Gasteiger partial charge >= 0.3 is 0 Å². The fourth-order valence-corrected chi connectivity index (χ4v) is 2.82. The van der Waals surface area contributed by atoms with Crippen LogP contribution in [0.15, 0.2) is 16.7 Å². The zero-order valence-electron chi connectivity index (χ0n) is 11.1. The molecular formula is C13H21BrClN3O. The van der Waals surface area contributed by atoms with Crippen molar-refractivity contribution in [3.63, 3.8) is 0 Å². The van der Waals surface area contributed by atoms with Crippen LogP contribution in [0.5, 0.6) is 0 Å². The Bertz CT molecular complexity index is 416. The average Bonchev–Trinajstić information content (AvgIpc) is 2.78. The molecule has 4 nitrogen and oxygen atoms in total. The minimum atomic E-state index is 0. The Kier molecular flexibility index (Phi) is 6.89. The molecule has 0 radical (unpaired) electrons. The fraction of sp³-hybridized carbons (Fsp3) is 0.615. The molecule has 0 aromatic carbocycles. The first-order chi connectivity index (χ1) is 8.70. The van der Waals surface area contributed by atoms with Crippen molar-refractivity contribution < 1.29 is 4.79 Å². The molecular weight excluding hydrogens is 330 g/mol. The summed E-state index contributed by atoms with van der Waals surface area (Å²) in [6, 6.07) is 1.87. The number of nitrogens with zero attached hydrogens (tertiary/aromatic N) is 1. The molecule has 0 spiro atoms. The van der Waals surface area contributed by atoms with Crippen LogP contribution in [0.4, 0.5) is 0 Å². The van der Waals surface area contributed by atoms with E-state index in [1.165, 1.54) is 12.8 Å². The lowest BCUT2D eigenvalue weighted by Gasteiger charge is -2.22. The fourth-order valence-electron chi connectivity index (χ4n) is 2.35. The molecule has 108 valence electrons. The van der Waals surface area contributed by atoms with Crippen LogP contribution in [0.2, 0.25) is 0 Å². The summed E-state index contributed by atoms with van der Waals surface area (Å²) in [4.78, 5) is 12.1. The number of rotatable bonds is 4. The predicted molar refractivity (Wildman–Crippen MR) is 83.0 cm³/mol. The van der Waals surface area contributed by atoms with Crippen molar-refractivity contribution in [3.05, 3.63) is 22.4 Å². The van der Waals surface area contributed by atoms with Crippen LogP contribution in [0.25, 0.3) is 0 Å². The van der Waals surface area contributed by atoms with Gasteiger partial charge in [0.2, 0.25) is 0 Å². The second-order valence-corrected chi connectivity index (χ2v) is 5.67. The van der Waals surface area contributed by atoms with Crippen molar-refractivity contribution in [1.82, 2.24) is 15.2 Å². The Labute approximate surface area is 128 Å². The Morgan fingerprint density at radius 1 is 1.63 bits per heavy atom. The van der Waals surface area contributed by atoms with Gasteiger partial charge in [0, 0.05) is 23.8 Å². The number of halogens is 2. The van der Waals surface area contributed by atoms with Gasteiger partial charge in [-0.05, 0) is 60.8 Å². The van der Waals surface area contributed by atoms with E-state index in [-0.39, 0.29) is 18.3 Å². The number of piperidine rings is 1. The van der Waals surface area contributed by atoms with Crippen molar-refractivity contribution in [2.24, 2.45) is 5.92 Å². The highest BCUT2D eigenvalue weighted by Crippen LogP contribution is 2.15. The molecule has 1 aromatic rings. The van der Waals surface area contributed by atoms with Gasteiger partial charge < -0.3 is 15.2 Å². The number of aromatic nitrogens is 1. The molecule has 2 rings (SSSR count). The van der Waals surface area contributed by atoms with E-state index in [1.807, 2.05) is 23.8 Å². The number of amides is 1. The lowest BCUT2D eigenvalue weighted by Crippen LogP contribution is -2.38. The van der Waals surface area contributed by atoms with E-state index < -0.39 is 0 Å². The molecule has 0 bridgehead atoms.